The third-order valence-corrected chi connectivity index (χ3v) is 7.30. The topological polar surface area (TPSA) is 53.9 Å². The smallest absolute Gasteiger partial charge is 0.253 e. The van der Waals surface area contributed by atoms with Gasteiger partial charge in [-0.2, -0.15) is 0 Å². The molecule has 162 valence electrons. The lowest BCUT2D eigenvalue weighted by atomic mass is 9.90. The Balaban J connectivity index is 1.58. The number of rotatable bonds is 7. The highest BCUT2D eigenvalue weighted by atomic mass is 16.5. The second kappa shape index (κ2) is 8.54. The lowest BCUT2D eigenvalue weighted by Crippen LogP contribution is -2.45. The van der Waals surface area contributed by atoms with E-state index in [1.807, 2.05) is 37.4 Å². The van der Waals surface area contributed by atoms with Crippen molar-refractivity contribution in [1.29, 1.82) is 0 Å². The standard InChI is InChI=1S/C25H35N3O2/c1-5-26-23-14-20(24(29)27-22-10-6-19(7-11-22)16-30-4)15-28(18(3)17(23)2)25(12-13-25)21-8-9-21/h5-7,10-11,15,17-18,21,23H,8-9,12-14,16H2,1-4H3,(H,27,29)/b26-5-/t17-,18-,23+/m1/s1. The Labute approximate surface area is 180 Å². The number of nitrogens with one attached hydrogen (secondary N) is 1. The molecule has 1 aromatic rings. The number of ether oxygens (including phenoxy) is 1. The van der Waals surface area contributed by atoms with Gasteiger partial charge in [-0.3, -0.25) is 9.79 Å². The van der Waals surface area contributed by atoms with Gasteiger partial charge in [0.2, 0.25) is 0 Å². The number of carbonyl (C=O) groups excluding carboxylic acids is 1. The zero-order chi connectivity index (χ0) is 21.3. The Morgan fingerprint density at radius 2 is 1.97 bits per heavy atom. The molecule has 2 saturated carbocycles. The Bertz CT molecular complexity index is 821. The van der Waals surface area contributed by atoms with Crippen LogP contribution in [-0.2, 0) is 16.1 Å². The predicted octanol–water partition coefficient (Wildman–Crippen LogP) is 4.79. The summed E-state index contributed by atoms with van der Waals surface area (Å²) in [6.07, 6.45) is 9.93. The Morgan fingerprint density at radius 1 is 1.27 bits per heavy atom. The molecule has 4 rings (SSSR count). The Hall–Kier alpha value is -2.14. The SMILES string of the molecule is C/C=N\[C@H]1CC(C(=O)Nc2ccc(COC)cc2)=CN(C2(C3CC3)CC2)[C@H](C)[C@H]1C. The van der Waals surface area contributed by atoms with Gasteiger partial charge >= 0.3 is 0 Å². The van der Waals surface area contributed by atoms with Crippen molar-refractivity contribution >= 4 is 17.8 Å². The van der Waals surface area contributed by atoms with Gasteiger partial charge in [-0.05, 0) is 75.3 Å². The van der Waals surface area contributed by atoms with E-state index in [4.69, 9.17) is 9.73 Å². The molecule has 5 heteroatoms. The van der Waals surface area contributed by atoms with E-state index < -0.39 is 0 Å². The molecule has 1 aliphatic heterocycles. The first-order valence-corrected chi connectivity index (χ1v) is 11.3. The van der Waals surface area contributed by atoms with Crippen LogP contribution in [0.5, 0.6) is 0 Å². The first-order chi connectivity index (χ1) is 14.5. The quantitative estimate of drug-likeness (QED) is 0.659. The normalized spacial score (nSPS) is 28.2. The van der Waals surface area contributed by atoms with Gasteiger partial charge < -0.3 is 15.0 Å². The molecule has 30 heavy (non-hydrogen) atoms. The molecule has 1 aromatic carbocycles. The van der Waals surface area contributed by atoms with Crippen molar-refractivity contribution in [2.24, 2.45) is 16.8 Å². The average Bonchev–Trinajstić information content (AvgIpc) is 3.62. The van der Waals surface area contributed by atoms with Gasteiger partial charge in [0.25, 0.3) is 5.91 Å². The van der Waals surface area contributed by atoms with Crippen LogP contribution in [0, 0.1) is 11.8 Å². The van der Waals surface area contributed by atoms with Crippen LogP contribution >= 0.6 is 0 Å². The molecule has 0 aromatic heterocycles. The van der Waals surface area contributed by atoms with Crippen LogP contribution in [-0.4, -0.2) is 41.8 Å². The number of hydrogen-bond donors (Lipinski definition) is 1. The van der Waals surface area contributed by atoms with E-state index in [0.717, 1.165) is 22.7 Å². The summed E-state index contributed by atoms with van der Waals surface area (Å²) in [5.74, 6) is 1.18. The van der Waals surface area contributed by atoms with Crippen molar-refractivity contribution in [2.75, 3.05) is 12.4 Å². The fourth-order valence-corrected chi connectivity index (χ4v) is 5.08. The van der Waals surface area contributed by atoms with Crippen LogP contribution in [0.1, 0.15) is 58.4 Å². The number of nitrogens with zero attached hydrogens (tertiary/aromatic N) is 2. The van der Waals surface area contributed by atoms with Crippen LogP contribution in [0.2, 0.25) is 0 Å². The van der Waals surface area contributed by atoms with Crippen molar-refractivity contribution in [1.82, 2.24) is 4.90 Å². The van der Waals surface area contributed by atoms with E-state index in [1.165, 1.54) is 25.7 Å². The fraction of sp³-hybridized carbons (Fsp3) is 0.600. The molecule has 0 spiro atoms. The van der Waals surface area contributed by atoms with E-state index in [2.05, 4.69) is 30.3 Å². The van der Waals surface area contributed by atoms with E-state index in [1.54, 1.807) is 7.11 Å². The summed E-state index contributed by atoms with van der Waals surface area (Å²) in [5.41, 5.74) is 3.04. The zero-order valence-electron chi connectivity index (χ0n) is 18.7. The summed E-state index contributed by atoms with van der Waals surface area (Å²) in [7, 11) is 1.69. The third-order valence-electron chi connectivity index (χ3n) is 7.30. The van der Waals surface area contributed by atoms with Crippen molar-refractivity contribution < 1.29 is 9.53 Å². The molecule has 0 radical (unpaired) electrons. The number of methoxy groups -OCH3 is 1. The molecule has 2 fully saturated rings. The largest absolute Gasteiger partial charge is 0.380 e. The third kappa shape index (κ3) is 4.18. The van der Waals surface area contributed by atoms with Gasteiger partial charge in [0.1, 0.15) is 0 Å². The number of amides is 1. The Kier molecular flexibility index (Phi) is 6.01. The number of aliphatic imine (C=N–C) groups is 1. The number of hydrogen-bond acceptors (Lipinski definition) is 4. The van der Waals surface area contributed by atoms with Crippen LogP contribution in [0.4, 0.5) is 5.69 Å². The van der Waals surface area contributed by atoms with Crippen LogP contribution < -0.4 is 5.32 Å². The Morgan fingerprint density at radius 3 is 2.53 bits per heavy atom. The molecule has 1 N–H and O–H groups in total. The van der Waals surface area contributed by atoms with Crippen molar-refractivity contribution in [2.45, 2.75) is 77.1 Å². The van der Waals surface area contributed by atoms with Crippen LogP contribution in [0.15, 0.2) is 41.0 Å². The molecule has 2 aliphatic carbocycles. The molecular weight excluding hydrogens is 374 g/mol. The van der Waals surface area contributed by atoms with Crippen LogP contribution in [0.25, 0.3) is 0 Å². The summed E-state index contributed by atoms with van der Waals surface area (Å²) in [5, 5.41) is 3.11. The number of carbonyl (C=O) groups is 1. The van der Waals surface area contributed by atoms with Gasteiger partial charge in [-0.25, -0.2) is 0 Å². The monoisotopic (exact) mass is 409 g/mol. The molecule has 0 saturated heterocycles. The molecule has 5 nitrogen and oxygen atoms in total. The van der Waals surface area contributed by atoms with E-state index in [0.29, 0.717) is 25.0 Å². The van der Waals surface area contributed by atoms with E-state index in [9.17, 15) is 4.79 Å². The number of anilines is 1. The van der Waals surface area contributed by atoms with Gasteiger partial charge in [0.05, 0.1) is 12.6 Å². The lowest BCUT2D eigenvalue weighted by Gasteiger charge is -2.39. The lowest BCUT2D eigenvalue weighted by molar-refractivity contribution is -0.113. The van der Waals surface area contributed by atoms with Crippen LogP contribution in [0.3, 0.4) is 0 Å². The predicted molar refractivity (Wildman–Crippen MR) is 122 cm³/mol. The minimum atomic E-state index is -0.0105. The average molecular weight is 410 g/mol. The highest BCUT2D eigenvalue weighted by Crippen LogP contribution is 2.59. The first kappa shape index (κ1) is 21.1. The maximum atomic E-state index is 13.3. The van der Waals surface area contributed by atoms with E-state index in [-0.39, 0.29) is 17.5 Å². The highest BCUT2D eigenvalue weighted by molar-refractivity contribution is 6.03. The van der Waals surface area contributed by atoms with Crippen molar-refractivity contribution in [3.8, 4) is 0 Å². The molecule has 1 heterocycles. The minimum absolute atomic E-state index is 0.0105. The number of benzene rings is 1. The molecule has 0 bridgehead atoms. The maximum absolute atomic E-state index is 13.3. The molecule has 3 aliphatic rings. The molecule has 3 atom stereocenters. The summed E-state index contributed by atoms with van der Waals surface area (Å²) in [4.78, 5) is 20.6. The van der Waals surface area contributed by atoms with Gasteiger partial charge in [0, 0.05) is 42.6 Å². The minimum Gasteiger partial charge on any atom is -0.380 e. The van der Waals surface area contributed by atoms with Crippen molar-refractivity contribution in [3.63, 3.8) is 0 Å². The summed E-state index contributed by atoms with van der Waals surface area (Å²) >= 11 is 0. The van der Waals surface area contributed by atoms with Crippen molar-refractivity contribution in [3.05, 3.63) is 41.6 Å². The summed E-state index contributed by atoms with van der Waals surface area (Å²) < 4.78 is 5.17. The fourth-order valence-electron chi connectivity index (χ4n) is 5.08. The zero-order valence-corrected chi connectivity index (χ0v) is 18.7. The second-order valence-electron chi connectivity index (χ2n) is 9.30. The first-order valence-electron chi connectivity index (χ1n) is 11.3. The van der Waals surface area contributed by atoms with Gasteiger partial charge in [-0.1, -0.05) is 19.1 Å². The molecular formula is C25H35N3O2. The van der Waals surface area contributed by atoms with E-state index >= 15 is 0 Å². The highest BCUT2D eigenvalue weighted by Gasteiger charge is 2.59. The van der Waals surface area contributed by atoms with Gasteiger partial charge in [0.15, 0.2) is 0 Å². The summed E-state index contributed by atoms with van der Waals surface area (Å²) in [6.45, 7) is 7.15. The summed E-state index contributed by atoms with van der Waals surface area (Å²) in [6, 6.07) is 8.38. The maximum Gasteiger partial charge on any atom is 0.253 e. The van der Waals surface area contributed by atoms with Gasteiger partial charge in [-0.15, -0.1) is 0 Å². The second-order valence-corrected chi connectivity index (χ2v) is 9.30. The molecule has 0 unspecified atom stereocenters. The molecule has 1 amide bonds.